The SMILES string of the molecule is NC[C@H]1O[C@H](O[C@H]2[C@H](OCCNCCCN=C(N)N)[C@@H](O[C@H]3O[C@H](CO)[C@@H](O)[C@H](N)[C@H]3O)[C@H](N)C[C@@H]2N)[C@H](N)C[C@@H]1O. The van der Waals surface area contributed by atoms with Crippen LogP contribution in [0.5, 0.6) is 0 Å². The highest BCUT2D eigenvalue weighted by atomic mass is 16.7. The van der Waals surface area contributed by atoms with E-state index in [2.05, 4.69) is 10.3 Å². The van der Waals surface area contributed by atoms with Crippen LogP contribution in [0.1, 0.15) is 19.3 Å². The summed E-state index contributed by atoms with van der Waals surface area (Å²) in [4.78, 5) is 3.94. The van der Waals surface area contributed by atoms with Gasteiger partial charge < -0.3 is 89.6 Å². The zero-order chi connectivity index (χ0) is 31.0. The van der Waals surface area contributed by atoms with E-state index in [9.17, 15) is 20.4 Å². The lowest BCUT2D eigenvalue weighted by Gasteiger charge is -2.49. The van der Waals surface area contributed by atoms with Crippen LogP contribution in [-0.2, 0) is 23.7 Å². The summed E-state index contributed by atoms with van der Waals surface area (Å²) >= 11 is 0. The van der Waals surface area contributed by atoms with Gasteiger partial charge in [0.25, 0.3) is 0 Å². The molecule has 2 aliphatic heterocycles. The normalized spacial score (nSPS) is 42.8. The predicted molar refractivity (Wildman–Crippen MR) is 150 cm³/mol. The molecule has 1 saturated carbocycles. The Hall–Kier alpha value is -1.33. The van der Waals surface area contributed by atoms with Crippen LogP contribution in [0, 0.1) is 0 Å². The molecule has 14 atom stereocenters. The van der Waals surface area contributed by atoms with Gasteiger partial charge in [0.2, 0.25) is 0 Å². The Labute approximate surface area is 245 Å². The molecule has 0 aromatic carbocycles. The van der Waals surface area contributed by atoms with Crippen molar-refractivity contribution in [3.63, 3.8) is 0 Å². The summed E-state index contributed by atoms with van der Waals surface area (Å²) in [6.45, 7) is 1.25. The van der Waals surface area contributed by atoms with E-state index >= 15 is 0 Å². The highest BCUT2D eigenvalue weighted by Gasteiger charge is 2.51. The second kappa shape index (κ2) is 16.7. The van der Waals surface area contributed by atoms with E-state index < -0.39 is 92.2 Å². The van der Waals surface area contributed by atoms with Crippen LogP contribution in [0.4, 0.5) is 0 Å². The third-order valence-electron chi connectivity index (χ3n) is 7.78. The number of hydrogen-bond donors (Lipinski definition) is 12. The minimum absolute atomic E-state index is 0.0298. The number of nitrogens with one attached hydrogen (secondary N) is 1. The van der Waals surface area contributed by atoms with Crippen molar-refractivity contribution in [3.05, 3.63) is 0 Å². The van der Waals surface area contributed by atoms with E-state index in [4.69, 9.17) is 63.8 Å². The van der Waals surface area contributed by atoms with Crippen molar-refractivity contribution in [1.29, 1.82) is 0 Å². The highest BCUT2D eigenvalue weighted by molar-refractivity contribution is 5.75. The molecule has 0 radical (unpaired) electrons. The van der Waals surface area contributed by atoms with Gasteiger partial charge in [0.05, 0.1) is 37.5 Å². The predicted octanol–water partition coefficient (Wildman–Crippen LogP) is -7.02. The van der Waals surface area contributed by atoms with Gasteiger partial charge in [0.15, 0.2) is 18.5 Å². The smallest absolute Gasteiger partial charge is 0.186 e. The fraction of sp³-hybridized carbons (Fsp3) is 0.958. The van der Waals surface area contributed by atoms with Crippen molar-refractivity contribution >= 4 is 5.96 Å². The van der Waals surface area contributed by atoms with Gasteiger partial charge in [-0.25, -0.2) is 0 Å². The first kappa shape index (κ1) is 35.2. The van der Waals surface area contributed by atoms with E-state index in [0.717, 1.165) is 0 Å². The molecule has 0 unspecified atom stereocenters. The van der Waals surface area contributed by atoms with Crippen molar-refractivity contribution in [3.8, 4) is 0 Å². The summed E-state index contributed by atoms with van der Waals surface area (Å²) in [5.74, 6) is 0.0298. The molecule has 0 aromatic rings. The Kier molecular flexibility index (Phi) is 13.9. The van der Waals surface area contributed by atoms with Crippen LogP contribution < -0.4 is 45.5 Å². The minimum atomic E-state index is -1.43. The molecule has 3 aliphatic rings. The van der Waals surface area contributed by atoms with Crippen molar-refractivity contribution in [2.75, 3.05) is 39.4 Å². The lowest BCUT2D eigenvalue weighted by Crippen LogP contribution is -2.68. The van der Waals surface area contributed by atoms with Crippen molar-refractivity contribution in [2.24, 2.45) is 45.1 Å². The number of nitrogens with zero attached hydrogens (tertiary/aromatic N) is 1. The first-order valence-corrected chi connectivity index (χ1v) is 14.3. The van der Waals surface area contributed by atoms with Crippen LogP contribution in [0.25, 0.3) is 0 Å². The van der Waals surface area contributed by atoms with Gasteiger partial charge in [-0.05, 0) is 25.8 Å². The number of aliphatic imine (C=N–C) groups is 1. The molecular formula is C24H51N9O9. The molecule has 18 heteroatoms. The summed E-state index contributed by atoms with van der Waals surface area (Å²) in [6, 6.07) is -3.12. The fourth-order valence-electron chi connectivity index (χ4n) is 5.40. The average molecular weight is 610 g/mol. The van der Waals surface area contributed by atoms with Gasteiger partial charge >= 0.3 is 0 Å². The number of rotatable bonds is 14. The number of hydrogen-bond acceptors (Lipinski definition) is 16. The Morgan fingerprint density at radius 1 is 0.833 bits per heavy atom. The third-order valence-corrected chi connectivity index (χ3v) is 7.78. The maximum atomic E-state index is 10.7. The van der Waals surface area contributed by atoms with Gasteiger partial charge in [0, 0.05) is 31.7 Å². The molecule has 19 N–H and O–H groups in total. The molecule has 18 nitrogen and oxygen atoms in total. The fourth-order valence-corrected chi connectivity index (χ4v) is 5.40. The summed E-state index contributed by atoms with van der Waals surface area (Å²) in [6.07, 6.45) is -9.14. The van der Waals surface area contributed by atoms with Gasteiger partial charge in [-0.1, -0.05) is 0 Å². The van der Waals surface area contributed by atoms with Crippen molar-refractivity contribution in [1.82, 2.24) is 5.32 Å². The Balaban J connectivity index is 1.74. The number of nitrogens with two attached hydrogens (primary N) is 7. The molecule has 2 saturated heterocycles. The number of aliphatic hydroxyl groups is 4. The van der Waals surface area contributed by atoms with E-state index in [0.29, 0.717) is 26.1 Å². The van der Waals surface area contributed by atoms with Crippen molar-refractivity contribution < 1.29 is 44.1 Å². The zero-order valence-electron chi connectivity index (χ0n) is 23.8. The molecule has 42 heavy (non-hydrogen) atoms. The lowest BCUT2D eigenvalue weighted by atomic mass is 9.84. The maximum absolute atomic E-state index is 10.7. The topological polar surface area (TPSA) is 334 Å². The van der Waals surface area contributed by atoms with E-state index in [1.54, 1.807) is 0 Å². The van der Waals surface area contributed by atoms with Gasteiger partial charge in [0.1, 0.15) is 36.6 Å². The molecule has 3 fully saturated rings. The monoisotopic (exact) mass is 609 g/mol. The van der Waals surface area contributed by atoms with E-state index in [1.807, 2.05) is 0 Å². The summed E-state index contributed by atoms with van der Waals surface area (Å²) in [7, 11) is 0. The standard InChI is InChI=1S/C24H51N9O9/c25-8-14-13(35)7-12(28)22(39-14)41-19-10(26)6-11(27)20(21(19)38-5-4-32-2-1-3-33-24(30)31)42-23-18(37)16(29)17(36)15(9-34)40-23/h10-23,32,34-37H,1-9,25-29H2,(H4,30,31,33)/t10-,11+,12+,13-,14+,15+,16-,17+,18+,19+,20-,21-,22+,23+/m0/s1. The molecule has 0 bridgehead atoms. The summed E-state index contributed by atoms with van der Waals surface area (Å²) in [5, 5.41) is 44.1. The highest BCUT2D eigenvalue weighted by Crippen LogP contribution is 2.32. The molecular weight excluding hydrogens is 558 g/mol. The lowest BCUT2D eigenvalue weighted by molar-refractivity contribution is -0.318. The zero-order valence-corrected chi connectivity index (χ0v) is 23.8. The molecule has 0 spiro atoms. The number of aliphatic hydroxyl groups excluding tert-OH is 4. The Morgan fingerprint density at radius 3 is 2.10 bits per heavy atom. The summed E-state index contributed by atoms with van der Waals surface area (Å²) in [5.41, 5.74) is 41.6. The summed E-state index contributed by atoms with van der Waals surface area (Å²) < 4.78 is 30.2. The third kappa shape index (κ3) is 9.10. The second-order valence-corrected chi connectivity index (χ2v) is 11.0. The second-order valence-electron chi connectivity index (χ2n) is 11.0. The Morgan fingerprint density at radius 2 is 1.48 bits per heavy atom. The molecule has 1 aliphatic carbocycles. The quantitative estimate of drug-likeness (QED) is 0.0494. The van der Waals surface area contributed by atoms with Crippen LogP contribution in [0.3, 0.4) is 0 Å². The Bertz CT molecular complexity index is 830. The number of guanidine groups is 1. The molecule has 0 amide bonds. The van der Waals surface area contributed by atoms with Crippen LogP contribution in [0.15, 0.2) is 4.99 Å². The van der Waals surface area contributed by atoms with Crippen LogP contribution in [-0.4, -0.2) is 151 Å². The molecule has 2 heterocycles. The van der Waals surface area contributed by atoms with E-state index in [1.165, 1.54) is 0 Å². The largest absolute Gasteiger partial charge is 0.394 e. The first-order chi connectivity index (χ1) is 20.0. The molecule has 0 aromatic heterocycles. The van der Waals surface area contributed by atoms with Gasteiger partial charge in [-0.15, -0.1) is 0 Å². The van der Waals surface area contributed by atoms with Gasteiger partial charge in [-0.3, -0.25) is 4.99 Å². The van der Waals surface area contributed by atoms with Crippen molar-refractivity contribution in [2.45, 2.75) is 105 Å². The maximum Gasteiger partial charge on any atom is 0.186 e. The number of ether oxygens (including phenoxy) is 5. The van der Waals surface area contributed by atoms with Crippen LogP contribution >= 0.6 is 0 Å². The van der Waals surface area contributed by atoms with Crippen LogP contribution in [0.2, 0.25) is 0 Å². The minimum Gasteiger partial charge on any atom is -0.394 e. The van der Waals surface area contributed by atoms with Gasteiger partial charge in [-0.2, -0.15) is 0 Å². The van der Waals surface area contributed by atoms with E-state index in [-0.39, 0.29) is 32.0 Å². The molecule has 246 valence electrons. The first-order valence-electron chi connectivity index (χ1n) is 14.3. The molecule has 3 rings (SSSR count). The average Bonchev–Trinajstić information content (AvgIpc) is 2.94.